The topological polar surface area (TPSA) is 55.7 Å². The Morgan fingerprint density at radius 3 is 2.45 bits per heavy atom. The summed E-state index contributed by atoms with van der Waals surface area (Å²) in [6, 6.07) is 9.85. The summed E-state index contributed by atoms with van der Waals surface area (Å²) in [4.78, 5) is 28.6. The van der Waals surface area contributed by atoms with Crippen LogP contribution in [0.3, 0.4) is 0 Å². The molecule has 0 N–H and O–H groups in total. The zero-order valence-corrected chi connectivity index (χ0v) is 17.0. The third-order valence-corrected chi connectivity index (χ3v) is 5.56. The summed E-state index contributed by atoms with van der Waals surface area (Å²) in [5, 5.41) is 0. The Hall–Kier alpha value is -2.48. The van der Waals surface area contributed by atoms with Gasteiger partial charge in [-0.05, 0) is 58.1 Å². The monoisotopic (exact) mass is 467 g/mol. The molecule has 0 saturated heterocycles. The van der Waals surface area contributed by atoms with E-state index in [2.05, 4.69) is 20.9 Å². The largest absolute Gasteiger partial charge is 0.465 e. The molecule has 0 bridgehead atoms. The van der Waals surface area contributed by atoms with Gasteiger partial charge in [-0.1, -0.05) is 18.2 Å². The quantitative estimate of drug-likeness (QED) is 0.530. The number of hydrogen-bond acceptors (Lipinski definition) is 4. The molecule has 1 aliphatic rings. The van der Waals surface area contributed by atoms with Gasteiger partial charge in [0.15, 0.2) is 0 Å². The average molecular weight is 468 g/mol. The molecule has 4 nitrogen and oxygen atoms in total. The normalized spacial score (nSPS) is 18.7. The third-order valence-electron chi connectivity index (χ3n) is 4.73. The van der Waals surface area contributed by atoms with Crippen LogP contribution in [0.15, 0.2) is 51.9 Å². The molecule has 152 valence electrons. The van der Waals surface area contributed by atoms with Gasteiger partial charge in [0.2, 0.25) is 0 Å². The Morgan fingerprint density at radius 1 is 1.14 bits per heavy atom. The lowest BCUT2D eigenvalue weighted by molar-refractivity contribution is -0.137. The van der Waals surface area contributed by atoms with Gasteiger partial charge in [0, 0.05) is 18.6 Å². The van der Waals surface area contributed by atoms with Crippen molar-refractivity contribution in [1.82, 2.24) is 0 Å². The second-order valence-corrected chi connectivity index (χ2v) is 7.54. The molecule has 1 fully saturated rings. The number of Topliss-reactive ketones (excluding diaryl/α,β-unsaturated/α-hetero) is 1. The molecule has 1 aliphatic carbocycles. The molecule has 0 aromatic heterocycles. The van der Waals surface area contributed by atoms with E-state index in [0.29, 0.717) is 33.4 Å². The number of ketones is 1. The van der Waals surface area contributed by atoms with Crippen LogP contribution in [0.2, 0.25) is 0 Å². The van der Waals surface area contributed by atoms with E-state index in [1.54, 1.807) is 18.2 Å². The van der Waals surface area contributed by atoms with Crippen LogP contribution < -0.4 is 0 Å². The lowest BCUT2D eigenvalue weighted by Gasteiger charge is -2.23. The highest BCUT2D eigenvalue weighted by molar-refractivity contribution is 9.10. The van der Waals surface area contributed by atoms with Gasteiger partial charge in [-0.25, -0.2) is 4.79 Å². The minimum atomic E-state index is -4.40. The maximum absolute atomic E-state index is 12.8. The van der Waals surface area contributed by atoms with Crippen LogP contribution in [-0.2, 0) is 15.7 Å². The van der Waals surface area contributed by atoms with Crippen molar-refractivity contribution in [2.45, 2.75) is 31.4 Å². The Balaban J connectivity index is 1.87. The molecule has 0 radical (unpaired) electrons. The van der Waals surface area contributed by atoms with Crippen molar-refractivity contribution in [1.29, 1.82) is 0 Å². The maximum atomic E-state index is 12.8. The number of halogens is 4. The lowest BCUT2D eigenvalue weighted by atomic mass is 9.82. The van der Waals surface area contributed by atoms with E-state index >= 15 is 0 Å². The minimum Gasteiger partial charge on any atom is -0.465 e. The van der Waals surface area contributed by atoms with Crippen LogP contribution in [0.5, 0.6) is 0 Å². The van der Waals surface area contributed by atoms with Gasteiger partial charge in [-0.2, -0.15) is 13.2 Å². The molecule has 0 heterocycles. The zero-order chi connectivity index (χ0) is 21.2. The van der Waals surface area contributed by atoms with Crippen molar-refractivity contribution in [3.8, 4) is 0 Å². The highest BCUT2D eigenvalue weighted by atomic mass is 79.9. The fraction of sp³-hybridized carbons (Fsp3) is 0.286. The number of aliphatic imine (C=N–C) groups is 1. The van der Waals surface area contributed by atoms with Crippen LogP contribution >= 0.6 is 15.9 Å². The standard InChI is InChI=1S/C21H17BrF3NO3/c1-29-20(28)17-3-2-4-18(19(17)22)26-15-9-13(10-16(27)11-15)12-5-7-14(8-6-12)21(23,24)25/h2-8,13H,9-11H2,1H3. The van der Waals surface area contributed by atoms with Crippen molar-refractivity contribution in [2.24, 2.45) is 4.99 Å². The molecule has 8 heteroatoms. The van der Waals surface area contributed by atoms with Crippen LogP contribution in [0, 0.1) is 0 Å². The number of hydrogen-bond donors (Lipinski definition) is 0. The van der Waals surface area contributed by atoms with Gasteiger partial charge < -0.3 is 4.74 Å². The van der Waals surface area contributed by atoms with Gasteiger partial charge in [0.05, 0.1) is 28.4 Å². The Kier molecular flexibility index (Phi) is 6.21. The number of rotatable bonds is 3. The molecular formula is C21H17BrF3NO3. The predicted octanol–water partition coefficient (Wildman–Crippen LogP) is 5.86. The second-order valence-electron chi connectivity index (χ2n) is 6.75. The van der Waals surface area contributed by atoms with Crippen LogP contribution in [-0.4, -0.2) is 24.6 Å². The first-order chi connectivity index (χ1) is 13.7. The van der Waals surface area contributed by atoms with E-state index in [-0.39, 0.29) is 24.5 Å². The summed E-state index contributed by atoms with van der Waals surface area (Å²) in [5.41, 5.74) is 1.37. The van der Waals surface area contributed by atoms with Crippen LogP contribution in [0.1, 0.15) is 46.7 Å². The van der Waals surface area contributed by atoms with E-state index in [1.807, 2.05) is 0 Å². The van der Waals surface area contributed by atoms with Crippen LogP contribution in [0.4, 0.5) is 18.9 Å². The van der Waals surface area contributed by atoms with Gasteiger partial charge in [0.1, 0.15) is 5.78 Å². The van der Waals surface area contributed by atoms with Crippen molar-refractivity contribution in [2.75, 3.05) is 7.11 Å². The number of methoxy groups -OCH3 is 1. The fourth-order valence-electron chi connectivity index (χ4n) is 3.31. The fourth-order valence-corrected chi connectivity index (χ4v) is 3.83. The van der Waals surface area contributed by atoms with E-state index in [4.69, 9.17) is 4.74 Å². The number of benzene rings is 2. The number of nitrogens with zero attached hydrogens (tertiary/aromatic N) is 1. The molecule has 1 unspecified atom stereocenters. The van der Waals surface area contributed by atoms with Gasteiger partial charge in [0.25, 0.3) is 0 Å². The summed E-state index contributed by atoms with van der Waals surface area (Å²) in [5.74, 6) is -0.777. The number of esters is 1. The first kappa shape index (κ1) is 21.2. The summed E-state index contributed by atoms with van der Waals surface area (Å²) >= 11 is 3.35. The highest BCUT2D eigenvalue weighted by Crippen LogP contribution is 2.36. The molecule has 2 aromatic carbocycles. The third kappa shape index (κ3) is 4.93. The Bertz CT molecular complexity index is 968. The average Bonchev–Trinajstić information content (AvgIpc) is 2.68. The summed E-state index contributed by atoms with van der Waals surface area (Å²) in [6.07, 6.45) is -3.52. The molecule has 29 heavy (non-hydrogen) atoms. The Labute approximate surface area is 173 Å². The SMILES string of the molecule is COC(=O)c1cccc(N=C2CC(=O)CC(c3ccc(C(F)(F)F)cc3)C2)c1Br. The second kappa shape index (κ2) is 8.49. The van der Waals surface area contributed by atoms with Crippen molar-refractivity contribution in [3.63, 3.8) is 0 Å². The predicted molar refractivity (Wildman–Crippen MR) is 106 cm³/mol. The van der Waals surface area contributed by atoms with Crippen LogP contribution in [0.25, 0.3) is 0 Å². The first-order valence-corrected chi connectivity index (χ1v) is 9.60. The summed E-state index contributed by atoms with van der Waals surface area (Å²) < 4.78 is 43.5. The molecule has 1 atom stereocenters. The Morgan fingerprint density at radius 2 is 1.83 bits per heavy atom. The van der Waals surface area contributed by atoms with Gasteiger partial charge >= 0.3 is 12.1 Å². The van der Waals surface area contributed by atoms with E-state index < -0.39 is 17.7 Å². The molecule has 2 aromatic rings. The number of carbonyl (C=O) groups excluding carboxylic acids is 2. The summed E-state index contributed by atoms with van der Waals surface area (Å²) in [6.45, 7) is 0. The van der Waals surface area contributed by atoms with Gasteiger partial charge in [-0.3, -0.25) is 9.79 Å². The van der Waals surface area contributed by atoms with Crippen molar-refractivity contribution >= 4 is 39.1 Å². The molecule has 0 amide bonds. The molecule has 0 spiro atoms. The first-order valence-electron chi connectivity index (χ1n) is 8.81. The van der Waals surface area contributed by atoms with Gasteiger partial charge in [-0.15, -0.1) is 0 Å². The van der Waals surface area contributed by atoms with Crippen molar-refractivity contribution < 1.29 is 27.5 Å². The van der Waals surface area contributed by atoms with E-state index in [9.17, 15) is 22.8 Å². The summed E-state index contributed by atoms with van der Waals surface area (Å²) in [7, 11) is 1.28. The van der Waals surface area contributed by atoms with E-state index in [0.717, 1.165) is 12.1 Å². The lowest BCUT2D eigenvalue weighted by Crippen LogP contribution is -2.21. The maximum Gasteiger partial charge on any atom is 0.416 e. The number of alkyl halides is 3. The number of carbonyl (C=O) groups is 2. The molecular weight excluding hydrogens is 451 g/mol. The molecule has 0 aliphatic heterocycles. The minimum absolute atomic E-state index is 0.0276. The number of ether oxygens (including phenoxy) is 1. The van der Waals surface area contributed by atoms with E-state index in [1.165, 1.54) is 19.2 Å². The van der Waals surface area contributed by atoms with Crippen molar-refractivity contribution in [3.05, 3.63) is 63.6 Å². The molecule has 3 rings (SSSR count). The highest BCUT2D eigenvalue weighted by Gasteiger charge is 2.31. The smallest absolute Gasteiger partial charge is 0.416 e. The molecule has 1 saturated carbocycles. The zero-order valence-electron chi connectivity index (χ0n) is 15.4.